The summed E-state index contributed by atoms with van der Waals surface area (Å²) in [7, 11) is 0. The lowest BCUT2D eigenvalue weighted by molar-refractivity contribution is -0.132. The molecule has 4 aromatic rings. The molecule has 1 aromatic heterocycles. The minimum absolute atomic E-state index is 0.0128. The summed E-state index contributed by atoms with van der Waals surface area (Å²) in [4.78, 5) is 32.6. The Morgan fingerprint density at radius 3 is 2.67 bits per heavy atom. The number of aliphatic hydroxyl groups excluding tert-OH is 1. The Bertz CT molecular complexity index is 1590. The van der Waals surface area contributed by atoms with Crippen LogP contribution in [0.15, 0.2) is 66.2 Å². The molecular formula is C28H21FN2O4S. The van der Waals surface area contributed by atoms with E-state index in [9.17, 15) is 19.1 Å². The van der Waals surface area contributed by atoms with Crippen LogP contribution < -0.4 is 9.64 Å². The van der Waals surface area contributed by atoms with Crippen molar-refractivity contribution < 1.29 is 23.8 Å². The number of hydrogen-bond donors (Lipinski definition) is 1. The Morgan fingerprint density at radius 2 is 1.89 bits per heavy atom. The average molecular weight is 501 g/mol. The van der Waals surface area contributed by atoms with Gasteiger partial charge in [0.15, 0.2) is 5.13 Å². The van der Waals surface area contributed by atoms with Gasteiger partial charge in [-0.2, -0.15) is 0 Å². The Labute approximate surface area is 210 Å². The van der Waals surface area contributed by atoms with Crippen molar-refractivity contribution in [3.8, 4) is 5.75 Å². The predicted octanol–water partition coefficient (Wildman–Crippen LogP) is 5.69. The number of halogens is 1. The Balaban J connectivity index is 1.53. The third kappa shape index (κ3) is 3.56. The number of anilines is 1. The zero-order chi connectivity index (χ0) is 25.1. The van der Waals surface area contributed by atoms with Crippen molar-refractivity contribution in [2.45, 2.75) is 32.4 Å². The van der Waals surface area contributed by atoms with E-state index in [1.54, 1.807) is 18.2 Å². The maximum absolute atomic E-state index is 13.8. The molecule has 3 aromatic carbocycles. The second-order valence-corrected chi connectivity index (χ2v) is 10.2. The number of carbonyl (C=O) groups excluding carboxylic acids is 2. The second-order valence-electron chi connectivity index (χ2n) is 9.14. The van der Waals surface area contributed by atoms with E-state index in [-0.39, 0.29) is 22.6 Å². The number of benzene rings is 3. The summed E-state index contributed by atoms with van der Waals surface area (Å²) in [5.74, 6) is -1.51. The summed E-state index contributed by atoms with van der Waals surface area (Å²) in [5.41, 5.74) is 3.55. The van der Waals surface area contributed by atoms with Crippen LogP contribution in [0.1, 0.15) is 35.2 Å². The monoisotopic (exact) mass is 500 g/mol. The van der Waals surface area contributed by atoms with Crippen LogP contribution in [0.3, 0.4) is 0 Å². The van der Waals surface area contributed by atoms with Gasteiger partial charge in [0, 0.05) is 12.0 Å². The van der Waals surface area contributed by atoms with E-state index in [2.05, 4.69) is 4.98 Å². The summed E-state index contributed by atoms with van der Waals surface area (Å²) in [6, 6.07) is 16.0. The quantitative estimate of drug-likeness (QED) is 0.222. The van der Waals surface area contributed by atoms with E-state index >= 15 is 0 Å². The van der Waals surface area contributed by atoms with E-state index in [1.165, 1.54) is 23.1 Å². The zero-order valence-corrected chi connectivity index (χ0v) is 20.3. The molecule has 36 heavy (non-hydrogen) atoms. The molecule has 1 amide bonds. The van der Waals surface area contributed by atoms with Crippen LogP contribution in [0.4, 0.5) is 9.52 Å². The molecule has 0 spiro atoms. The van der Waals surface area contributed by atoms with E-state index in [4.69, 9.17) is 4.74 Å². The van der Waals surface area contributed by atoms with Gasteiger partial charge in [0.25, 0.3) is 5.78 Å². The zero-order valence-electron chi connectivity index (χ0n) is 19.5. The minimum atomic E-state index is -0.889. The molecule has 1 N–H and O–H groups in total. The highest BCUT2D eigenvalue weighted by Gasteiger charge is 2.48. The summed E-state index contributed by atoms with van der Waals surface area (Å²) < 4.78 is 20.1. The standard InChI is InChI=1S/C28H21FN2O4S/c1-14-3-5-16(6-4-14)24-23(25(32)17-7-10-21-18(12-17)11-15(2)35-21)26(33)27(34)31(24)28-30-20-9-8-19(29)13-22(20)36-28/h3-10,12-13,15,24,32H,11H2,1-2H3/b25-23+/t15-,24-/m0/s1. The number of thiazole rings is 1. The Kier molecular flexibility index (Phi) is 5.15. The fraction of sp³-hybridized carbons (Fsp3) is 0.179. The maximum atomic E-state index is 13.8. The van der Waals surface area contributed by atoms with Crippen LogP contribution in [0.5, 0.6) is 5.75 Å². The fourth-order valence-corrected chi connectivity index (χ4v) is 5.83. The van der Waals surface area contributed by atoms with Crippen molar-refractivity contribution in [1.29, 1.82) is 0 Å². The topological polar surface area (TPSA) is 79.7 Å². The van der Waals surface area contributed by atoms with Crippen LogP contribution in [-0.2, 0) is 16.0 Å². The molecule has 0 radical (unpaired) electrons. The van der Waals surface area contributed by atoms with Crippen LogP contribution in [0, 0.1) is 12.7 Å². The number of Topliss-reactive ketones (excluding diaryl/α,β-unsaturated/α-hetero) is 1. The number of carbonyl (C=O) groups is 2. The summed E-state index contributed by atoms with van der Waals surface area (Å²) in [6.07, 6.45) is 0.716. The predicted molar refractivity (Wildman–Crippen MR) is 136 cm³/mol. The van der Waals surface area contributed by atoms with Crippen molar-refractivity contribution in [3.05, 3.63) is 94.3 Å². The fourth-order valence-electron chi connectivity index (χ4n) is 4.81. The van der Waals surface area contributed by atoms with E-state index in [1.807, 2.05) is 38.1 Å². The van der Waals surface area contributed by atoms with Crippen LogP contribution >= 0.6 is 11.3 Å². The third-order valence-electron chi connectivity index (χ3n) is 6.55. The molecule has 6 nitrogen and oxygen atoms in total. The number of nitrogens with zero attached hydrogens (tertiary/aromatic N) is 2. The first-order valence-corrected chi connectivity index (χ1v) is 12.4. The SMILES string of the molecule is Cc1ccc([C@H]2/C(=C(\O)c3ccc4c(c3)C[C@H](C)O4)C(=O)C(=O)N2c2nc3ccc(F)cc3s2)cc1. The van der Waals surface area contributed by atoms with E-state index < -0.39 is 23.5 Å². The van der Waals surface area contributed by atoms with Gasteiger partial charge in [0.1, 0.15) is 23.4 Å². The van der Waals surface area contributed by atoms with Crippen molar-refractivity contribution in [3.63, 3.8) is 0 Å². The summed E-state index contributed by atoms with van der Waals surface area (Å²) >= 11 is 1.12. The number of aromatic nitrogens is 1. The number of hydrogen-bond acceptors (Lipinski definition) is 6. The number of aliphatic hydroxyl groups is 1. The smallest absolute Gasteiger partial charge is 0.301 e. The molecule has 2 atom stereocenters. The molecule has 0 saturated carbocycles. The lowest BCUT2D eigenvalue weighted by Gasteiger charge is -2.23. The number of ketones is 1. The van der Waals surface area contributed by atoms with Crippen LogP contribution in [0.2, 0.25) is 0 Å². The highest BCUT2D eigenvalue weighted by Crippen LogP contribution is 2.45. The van der Waals surface area contributed by atoms with Gasteiger partial charge in [-0.15, -0.1) is 0 Å². The third-order valence-corrected chi connectivity index (χ3v) is 7.57. The normalized spacial score (nSPS) is 20.7. The van der Waals surface area contributed by atoms with Crippen LogP contribution in [-0.4, -0.2) is 27.9 Å². The second kappa shape index (κ2) is 8.27. The van der Waals surface area contributed by atoms with E-state index in [0.29, 0.717) is 27.8 Å². The summed E-state index contributed by atoms with van der Waals surface area (Å²) in [5, 5.41) is 11.7. The number of aryl methyl sites for hydroxylation is 1. The Hall–Kier alpha value is -4.04. The van der Waals surface area contributed by atoms with E-state index in [0.717, 1.165) is 28.2 Å². The molecule has 6 rings (SSSR count). The van der Waals surface area contributed by atoms with Gasteiger partial charge < -0.3 is 9.84 Å². The molecule has 0 aliphatic carbocycles. The first-order chi connectivity index (χ1) is 17.3. The van der Waals surface area contributed by atoms with Crippen molar-refractivity contribution in [1.82, 2.24) is 4.98 Å². The molecule has 0 bridgehead atoms. The number of rotatable bonds is 3. The van der Waals surface area contributed by atoms with Gasteiger partial charge in [-0.1, -0.05) is 41.2 Å². The highest BCUT2D eigenvalue weighted by atomic mass is 32.1. The Morgan fingerprint density at radius 1 is 1.11 bits per heavy atom. The molecule has 8 heteroatoms. The van der Waals surface area contributed by atoms with Crippen LogP contribution in [0.25, 0.3) is 16.0 Å². The molecular weight excluding hydrogens is 479 g/mol. The maximum Gasteiger partial charge on any atom is 0.301 e. The number of fused-ring (bicyclic) bond motifs is 2. The average Bonchev–Trinajstić information content (AvgIpc) is 3.51. The lowest BCUT2D eigenvalue weighted by Crippen LogP contribution is -2.29. The molecule has 180 valence electrons. The summed E-state index contributed by atoms with van der Waals surface area (Å²) in [6.45, 7) is 3.91. The first kappa shape index (κ1) is 22.4. The number of ether oxygens (including phenoxy) is 1. The molecule has 2 aliphatic heterocycles. The number of amides is 1. The van der Waals surface area contributed by atoms with Crippen molar-refractivity contribution in [2.24, 2.45) is 0 Å². The van der Waals surface area contributed by atoms with Gasteiger partial charge in [-0.05, 0) is 61.4 Å². The molecule has 2 aliphatic rings. The van der Waals surface area contributed by atoms with Gasteiger partial charge in [0.2, 0.25) is 0 Å². The lowest BCUT2D eigenvalue weighted by atomic mass is 9.94. The van der Waals surface area contributed by atoms with Gasteiger partial charge in [-0.25, -0.2) is 9.37 Å². The highest BCUT2D eigenvalue weighted by molar-refractivity contribution is 7.22. The molecule has 0 unspecified atom stereocenters. The van der Waals surface area contributed by atoms with Crippen molar-refractivity contribution >= 4 is 44.1 Å². The van der Waals surface area contributed by atoms with Gasteiger partial charge in [-0.3, -0.25) is 14.5 Å². The molecule has 1 fully saturated rings. The largest absolute Gasteiger partial charge is 0.507 e. The van der Waals surface area contributed by atoms with Crippen molar-refractivity contribution in [2.75, 3.05) is 4.90 Å². The molecule has 1 saturated heterocycles. The minimum Gasteiger partial charge on any atom is -0.507 e. The first-order valence-electron chi connectivity index (χ1n) is 11.5. The molecule has 3 heterocycles. The van der Waals surface area contributed by atoms with Gasteiger partial charge in [0.05, 0.1) is 21.8 Å². The van der Waals surface area contributed by atoms with Gasteiger partial charge >= 0.3 is 5.91 Å².